The van der Waals surface area contributed by atoms with Crippen LogP contribution < -0.4 is 0 Å². The molecule has 17 heavy (non-hydrogen) atoms. The van der Waals surface area contributed by atoms with Crippen LogP contribution in [-0.4, -0.2) is 23.0 Å². The predicted octanol–water partition coefficient (Wildman–Crippen LogP) is 3.06. The van der Waals surface area contributed by atoms with Crippen LogP contribution in [0.15, 0.2) is 28.7 Å². The molecule has 0 radical (unpaired) electrons. The Hall–Kier alpha value is -1.35. The van der Waals surface area contributed by atoms with Crippen LogP contribution >= 0.6 is 0 Å². The van der Waals surface area contributed by atoms with Crippen LogP contribution in [0.1, 0.15) is 25.7 Å². The molecule has 1 atom stereocenters. The third kappa shape index (κ3) is 2.20. The molecule has 1 unspecified atom stereocenters. The molecule has 0 bridgehead atoms. The number of benzene rings is 1. The summed E-state index contributed by atoms with van der Waals surface area (Å²) in [5, 5.41) is 0. The molecule has 3 heteroatoms. The largest absolute Gasteiger partial charge is 0.439 e. The zero-order valence-electron chi connectivity index (χ0n) is 10.4. The van der Waals surface area contributed by atoms with Gasteiger partial charge in [0.2, 0.25) is 5.89 Å². The molecule has 0 saturated heterocycles. The summed E-state index contributed by atoms with van der Waals surface area (Å²) in [4.78, 5) is 6.84. The van der Waals surface area contributed by atoms with E-state index in [-0.39, 0.29) is 0 Å². The fraction of sp³-hybridized carbons (Fsp3) is 0.500. The summed E-state index contributed by atoms with van der Waals surface area (Å²) >= 11 is 0. The first kappa shape index (κ1) is 10.8. The number of oxazole rings is 1. The maximum Gasteiger partial charge on any atom is 0.209 e. The Kier molecular flexibility index (Phi) is 2.63. The Bertz CT molecular complexity index is 483. The molecule has 1 aromatic carbocycles. The monoisotopic (exact) mass is 230 g/mol. The third-order valence-electron chi connectivity index (χ3n) is 3.72. The molecule has 0 N–H and O–H groups in total. The molecule has 1 heterocycles. The van der Waals surface area contributed by atoms with Crippen LogP contribution in [0.5, 0.6) is 0 Å². The summed E-state index contributed by atoms with van der Waals surface area (Å²) in [6.07, 6.45) is 2.75. The quantitative estimate of drug-likeness (QED) is 0.808. The standard InChI is InChI=1S/C14H18N2O/c1-10(11-7-8-11)16(2)9-14-15-12-5-3-4-6-13(12)17-14/h3-6,10-11H,7-9H2,1-2H3. The molecule has 0 aliphatic heterocycles. The van der Waals surface area contributed by atoms with E-state index in [1.165, 1.54) is 12.8 Å². The summed E-state index contributed by atoms with van der Waals surface area (Å²) in [5.74, 6) is 1.70. The maximum atomic E-state index is 5.74. The number of aromatic nitrogens is 1. The highest BCUT2D eigenvalue weighted by atomic mass is 16.3. The second-order valence-corrected chi connectivity index (χ2v) is 5.07. The van der Waals surface area contributed by atoms with E-state index in [4.69, 9.17) is 4.42 Å². The minimum atomic E-state index is 0.630. The molecule has 0 spiro atoms. The van der Waals surface area contributed by atoms with Gasteiger partial charge in [0.25, 0.3) is 0 Å². The van der Waals surface area contributed by atoms with Gasteiger partial charge in [0, 0.05) is 6.04 Å². The fourth-order valence-electron chi connectivity index (χ4n) is 2.28. The Balaban J connectivity index is 1.75. The van der Waals surface area contributed by atoms with Crippen LogP contribution in [0.4, 0.5) is 0 Å². The van der Waals surface area contributed by atoms with Crippen molar-refractivity contribution in [3.63, 3.8) is 0 Å². The second-order valence-electron chi connectivity index (χ2n) is 5.07. The third-order valence-corrected chi connectivity index (χ3v) is 3.72. The van der Waals surface area contributed by atoms with Crippen molar-refractivity contribution < 1.29 is 4.42 Å². The highest BCUT2D eigenvalue weighted by molar-refractivity contribution is 5.72. The fourth-order valence-corrected chi connectivity index (χ4v) is 2.28. The van der Waals surface area contributed by atoms with Gasteiger partial charge in [0.1, 0.15) is 5.52 Å². The lowest BCUT2D eigenvalue weighted by Crippen LogP contribution is -2.30. The molecule has 1 saturated carbocycles. The molecule has 3 rings (SSSR count). The van der Waals surface area contributed by atoms with Crippen molar-refractivity contribution in [2.24, 2.45) is 5.92 Å². The van der Waals surface area contributed by atoms with Crippen LogP contribution in [0.2, 0.25) is 0 Å². The van der Waals surface area contributed by atoms with E-state index in [2.05, 4.69) is 23.9 Å². The number of hydrogen-bond donors (Lipinski definition) is 0. The highest BCUT2D eigenvalue weighted by Gasteiger charge is 2.30. The summed E-state index contributed by atoms with van der Waals surface area (Å²) in [6, 6.07) is 8.56. The smallest absolute Gasteiger partial charge is 0.209 e. The molecule has 0 amide bonds. The molecule has 1 aromatic heterocycles. The Morgan fingerprint density at radius 3 is 2.88 bits per heavy atom. The number of rotatable bonds is 4. The average Bonchev–Trinajstić information content (AvgIpc) is 3.08. The van der Waals surface area contributed by atoms with E-state index in [1.54, 1.807) is 0 Å². The van der Waals surface area contributed by atoms with E-state index < -0.39 is 0 Å². The first-order valence-corrected chi connectivity index (χ1v) is 6.29. The lowest BCUT2D eigenvalue weighted by atomic mass is 10.2. The van der Waals surface area contributed by atoms with Crippen LogP contribution in [0.25, 0.3) is 11.1 Å². The van der Waals surface area contributed by atoms with Gasteiger partial charge in [-0.3, -0.25) is 4.90 Å². The van der Waals surface area contributed by atoms with E-state index in [1.807, 2.05) is 24.3 Å². The molecule has 1 aliphatic carbocycles. The van der Waals surface area contributed by atoms with Gasteiger partial charge in [0.05, 0.1) is 6.54 Å². The minimum absolute atomic E-state index is 0.630. The van der Waals surface area contributed by atoms with Gasteiger partial charge in [-0.1, -0.05) is 12.1 Å². The van der Waals surface area contributed by atoms with Crippen molar-refractivity contribution in [2.75, 3.05) is 7.05 Å². The van der Waals surface area contributed by atoms with E-state index in [9.17, 15) is 0 Å². The topological polar surface area (TPSA) is 29.3 Å². The predicted molar refractivity (Wildman–Crippen MR) is 67.7 cm³/mol. The molecular weight excluding hydrogens is 212 g/mol. The Morgan fingerprint density at radius 2 is 2.18 bits per heavy atom. The molecule has 90 valence electrons. The summed E-state index contributed by atoms with van der Waals surface area (Å²) in [5.41, 5.74) is 1.84. The van der Waals surface area contributed by atoms with Crippen molar-refractivity contribution >= 4 is 11.1 Å². The van der Waals surface area contributed by atoms with Crippen LogP contribution in [0, 0.1) is 5.92 Å². The Labute approximate surface area is 101 Å². The molecule has 3 nitrogen and oxygen atoms in total. The van der Waals surface area contributed by atoms with E-state index in [0.717, 1.165) is 29.5 Å². The van der Waals surface area contributed by atoms with Gasteiger partial charge in [-0.25, -0.2) is 4.98 Å². The molecule has 1 aliphatic rings. The van der Waals surface area contributed by atoms with Crippen LogP contribution in [-0.2, 0) is 6.54 Å². The zero-order chi connectivity index (χ0) is 11.8. The lowest BCUT2D eigenvalue weighted by Gasteiger charge is -2.22. The molecule has 2 aromatic rings. The van der Waals surface area contributed by atoms with Crippen molar-refractivity contribution in [3.8, 4) is 0 Å². The van der Waals surface area contributed by atoms with Gasteiger partial charge >= 0.3 is 0 Å². The normalized spacial score (nSPS) is 17.8. The number of nitrogens with zero attached hydrogens (tertiary/aromatic N) is 2. The molecule has 1 fully saturated rings. The van der Waals surface area contributed by atoms with Crippen molar-refractivity contribution in [2.45, 2.75) is 32.4 Å². The zero-order valence-corrected chi connectivity index (χ0v) is 10.4. The first-order valence-electron chi connectivity index (χ1n) is 6.29. The van der Waals surface area contributed by atoms with Crippen LogP contribution in [0.3, 0.4) is 0 Å². The summed E-state index contributed by atoms with van der Waals surface area (Å²) in [7, 11) is 2.15. The maximum absolute atomic E-state index is 5.74. The lowest BCUT2D eigenvalue weighted by molar-refractivity contribution is 0.208. The Morgan fingerprint density at radius 1 is 1.41 bits per heavy atom. The van der Waals surface area contributed by atoms with Crippen molar-refractivity contribution in [3.05, 3.63) is 30.2 Å². The van der Waals surface area contributed by atoms with Crippen molar-refractivity contribution in [1.82, 2.24) is 9.88 Å². The van der Waals surface area contributed by atoms with Gasteiger partial charge < -0.3 is 4.42 Å². The van der Waals surface area contributed by atoms with Gasteiger partial charge in [-0.15, -0.1) is 0 Å². The summed E-state index contributed by atoms with van der Waals surface area (Å²) < 4.78 is 5.74. The summed E-state index contributed by atoms with van der Waals surface area (Å²) in [6.45, 7) is 3.09. The SMILES string of the molecule is CC(C1CC1)N(C)Cc1nc2ccccc2o1. The highest BCUT2D eigenvalue weighted by Crippen LogP contribution is 2.35. The molecular formula is C14H18N2O. The van der Waals surface area contributed by atoms with Gasteiger partial charge in [0.15, 0.2) is 5.58 Å². The number of fused-ring (bicyclic) bond motifs is 1. The van der Waals surface area contributed by atoms with E-state index in [0.29, 0.717) is 6.04 Å². The number of hydrogen-bond acceptors (Lipinski definition) is 3. The number of para-hydroxylation sites is 2. The first-order chi connectivity index (χ1) is 8.24. The van der Waals surface area contributed by atoms with Gasteiger partial charge in [-0.05, 0) is 44.9 Å². The minimum Gasteiger partial charge on any atom is -0.439 e. The van der Waals surface area contributed by atoms with E-state index >= 15 is 0 Å². The van der Waals surface area contributed by atoms with Gasteiger partial charge in [-0.2, -0.15) is 0 Å². The average molecular weight is 230 g/mol. The second kappa shape index (κ2) is 4.15. The van der Waals surface area contributed by atoms with Crippen molar-refractivity contribution in [1.29, 1.82) is 0 Å².